The Morgan fingerprint density at radius 2 is 2.08 bits per heavy atom. The molecular formula is C21H29N3O2. The lowest BCUT2D eigenvalue weighted by Gasteiger charge is -2.19. The van der Waals surface area contributed by atoms with Crippen molar-refractivity contribution in [3.63, 3.8) is 0 Å². The van der Waals surface area contributed by atoms with Gasteiger partial charge in [-0.15, -0.1) is 0 Å². The summed E-state index contributed by atoms with van der Waals surface area (Å²) in [5.41, 5.74) is 4.74. The van der Waals surface area contributed by atoms with E-state index in [1.807, 2.05) is 25.1 Å². The number of aryl methyl sites for hydroxylation is 2. The first-order valence-corrected chi connectivity index (χ1v) is 9.63. The fourth-order valence-corrected chi connectivity index (χ4v) is 3.65. The molecular weight excluding hydrogens is 326 g/mol. The number of nitrogens with one attached hydrogen (secondary N) is 2. The molecule has 0 spiro atoms. The van der Waals surface area contributed by atoms with Crippen molar-refractivity contribution in [2.75, 3.05) is 18.0 Å². The molecule has 1 heterocycles. The third-order valence-electron chi connectivity index (χ3n) is 5.38. The second kappa shape index (κ2) is 8.39. The molecule has 0 unspecified atom stereocenters. The van der Waals surface area contributed by atoms with Gasteiger partial charge in [0.15, 0.2) is 0 Å². The smallest absolute Gasteiger partial charge is 0.315 e. The van der Waals surface area contributed by atoms with E-state index < -0.39 is 0 Å². The molecule has 26 heavy (non-hydrogen) atoms. The summed E-state index contributed by atoms with van der Waals surface area (Å²) in [7, 11) is 0. The van der Waals surface area contributed by atoms with E-state index in [4.69, 9.17) is 0 Å². The molecule has 1 aromatic carbocycles. The molecule has 1 aromatic rings. The number of allylic oxidation sites excluding steroid dienone is 1. The molecule has 1 atom stereocenters. The van der Waals surface area contributed by atoms with Crippen LogP contribution in [0.1, 0.15) is 49.7 Å². The predicted molar refractivity (Wildman–Crippen MR) is 104 cm³/mol. The zero-order valence-electron chi connectivity index (χ0n) is 15.8. The number of carbonyl (C=O) groups excluding carboxylic acids is 2. The van der Waals surface area contributed by atoms with Gasteiger partial charge in [0.05, 0.1) is 6.04 Å². The Kier molecular flexibility index (Phi) is 5.96. The number of nitrogens with zero attached hydrogens (tertiary/aromatic N) is 1. The van der Waals surface area contributed by atoms with Gasteiger partial charge in [0.2, 0.25) is 5.91 Å². The van der Waals surface area contributed by atoms with Gasteiger partial charge in [-0.1, -0.05) is 17.7 Å². The third-order valence-corrected chi connectivity index (χ3v) is 5.38. The minimum absolute atomic E-state index is 0.0610. The summed E-state index contributed by atoms with van der Waals surface area (Å²) in [5, 5.41) is 5.86. The molecule has 1 aliphatic carbocycles. The second-order valence-corrected chi connectivity index (χ2v) is 7.43. The number of anilines is 1. The van der Waals surface area contributed by atoms with Crippen LogP contribution >= 0.6 is 0 Å². The normalized spacial score (nSPS) is 20.1. The first kappa shape index (κ1) is 18.5. The van der Waals surface area contributed by atoms with Gasteiger partial charge in [0.25, 0.3) is 0 Å². The van der Waals surface area contributed by atoms with Crippen LogP contribution in [0.4, 0.5) is 10.5 Å². The number of carbonyl (C=O) groups is 2. The molecule has 0 saturated carbocycles. The average Bonchev–Trinajstić information content (AvgIpc) is 2.98. The number of hydrogen-bond donors (Lipinski definition) is 2. The van der Waals surface area contributed by atoms with Crippen molar-refractivity contribution >= 4 is 17.6 Å². The molecule has 3 amide bonds. The fraction of sp³-hybridized carbons (Fsp3) is 0.524. The summed E-state index contributed by atoms with van der Waals surface area (Å²) in [6.07, 6.45) is 8.45. The topological polar surface area (TPSA) is 61.4 Å². The number of hydrogen-bond acceptors (Lipinski definition) is 2. The number of benzene rings is 1. The van der Waals surface area contributed by atoms with Crippen LogP contribution in [0.5, 0.6) is 0 Å². The molecule has 0 aromatic heterocycles. The fourth-order valence-electron chi connectivity index (χ4n) is 3.65. The minimum Gasteiger partial charge on any atom is -0.338 e. The second-order valence-electron chi connectivity index (χ2n) is 7.43. The molecule has 3 rings (SSSR count). The first-order chi connectivity index (χ1) is 12.5. The number of amides is 3. The summed E-state index contributed by atoms with van der Waals surface area (Å²) < 4.78 is 0. The monoisotopic (exact) mass is 355 g/mol. The van der Waals surface area contributed by atoms with Crippen LogP contribution in [0.15, 0.2) is 29.8 Å². The molecule has 1 aliphatic heterocycles. The Morgan fingerprint density at radius 1 is 1.23 bits per heavy atom. The van der Waals surface area contributed by atoms with Gasteiger partial charge < -0.3 is 15.5 Å². The van der Waals surface area contributed by atoms with E-state index in [9.17, 15) is 9.59 Å². The quantitative estimate of drug-likeness (QED) is 0.793. The Labute approximate surface area is 155 Å². The van der Waals surface area contributed by atoms with E-state index in [2.05, 4.69) is 23.6 Å². The van der Waals surface area contributed by atoms with E-state index >= 15 is 0 Å². The molecule has 0 radical (unpaired) electrons. The lowest BCUT2D eigenvalue weighted by atomic mass is 9.97. The molecule has 140 valence electrons. The van der Waals surface area contributed by atoms with E-state index in [1.54, 1.807) is 4.90 Å². The predicted octanol–water partition coefficient (Wildman–Crippen LogP) is 3.60. The largest absolute Gasteiger partial charge is 0.338 e. The Morgan fingerprint density at radius 3 is 2.81 bits per heavy atom. The highest BCUT2D eigenvalue weighted by atomic mass is 16.2. The summed E-state index contributed by atoms with van der Waals surface area (Å²) >= 11 is 0. The molecule has 2 N–H and O–H groups in total. The van der Waals surface area contributed by atoms with Crippen LogP contribution in [-0.2, 0) is 4.79 Å². The standard InChI is InChI=1S/C21H29N3O2/c1-15-8-9-19(12-16(15)2)24-14-18(13-20(24)25)23-21(26)22-11-10-17-6-4-3-5-7-17/h6,8-9,12,18H,3-5,7,10-11,13-14H2,1-2H3,(H2,22,23,26)/t18-/m1/s1. The summed E-state index contributed by atoms with van der Waals surface area (Å²) in [6, 6.07) is 5.72. The maximum atomic E-state index is 12.3. The van der Waals surface area contributed by atoms with E-state index in [1.165, 1.54) is 36.0 Å². The van der Waals surface area contributed by atoms with Crippen LogP contribution in [0.25, 0.3) is 0 Å². The van der Waals surface area contributed by atoms with E-state index in [0.29, 0.717) is 19.5 Å². The van der Waals surface area contributed by atoms with Crippen molar-refractivity contribution in [1.82, 2.24) is 10.6 Å². The maximum Gasteiger partial charge on any atom is 0.315 e. The molecule has 5 heteroatoms. The summed E-state index contributed by atoms with van der Waals surface area (Å²) in [4.78, 5) is 26.2. The highest BCUT2D eigenvalue weighted by Gasteiger charge is 2.31. The van der Waals surface area contributed by atoms with E-state index in [-0.39, 0.29) is 18.0 Å². The zero-order valence-corrected chi connectivity index (χ0v) is 15.8. The van der Waals surface area contributed by atoms with Crippen LogP contribution in [0.2, 0.25) is 0 Å². The summed E-state index contributed by atoms with van der Waals surface area (Å²) in [5.74, 6) is 0.0610. The van der Waals surface area contributed by atoms with Gasteiger partial charge in [0, 0.05) is 25.2 Å². The van der Waals surface area contributed by atoms with Crippen molar-refractivity contribution < 1.29 is 9.59 Å². The van der Waals surface area contributed by atoms with Gasteiger partial charge >= 0.3 is 6.03 Å². The molecule has 1 saturated heterocycles. The Bertz CT molecular complexity index is 711. The van der Waals surface area contributed by atoms with Crippen molar-refractivity contribution in [2.24, 2.45) is 0 Å². The SMILES string of the molecule is Cc1ccc(N2C[C@H](NC(=O)NCCC3=CCCCC3)CC2=O)cc1C. The third kappa shape index (κ3) is 4.65. The van der Waals surface area contributed by atoms with Crippen LogP contribution in [0.3, 0.4) is 0 Å². The average molecular weight is 355 g/mol. The van der Waals surface area contributed by atoms with Crippen LogP contribution in [-0.4, -0.2) is 31.1 Å². The van der Waals surface area contributed by atoms with Crippen molar-refractivity contribution in [3.8, 4) is 0 Å². The van der Waals surface area contributed by atoms with Gasteiger partial charge in [-0.2, -0.15) is 0 Å². The highest BCUT2D eigenvalue weighted by molar-refractivity contribution is 5.96. The molecule has 2 aliphatic rings. The Hall–Kier alpha value is -2.30. The zero-order chi connectivity index (χ0) is 18.5. The van der Waals surface area contributed by atoms with Gasteiger partial charge in [-0.3, -0.25) is 4.79 Å². The minimum atomic E-state index is -0.179. The Balaban J connectivity index is 1.46. The van der Waals surface area contributed by atoms with Crippen molar-refractivity contribution in [1.29, 1.82) is 0 Å². The molecule has 0 bridgehead atoms. The maximum absolute atomic E-state index is 12.3. The first-order valence-electron chi connectivity index (χ1n) is 9.63. The lowest BCUT2D eigenvalue weighted by Crippen LogP contribution is -2.43. The van der Waals surface area contributed by atoms with Gasteiger partial charge in [-0.05, 0) is 69.2 Å². The lowest BCUT2D eigenvalue weighted by molar-refractivity contribution is -0.117. The van der Waals surface area contributed by atoms with Gasteiger partial charge in [0.1, 0.15) is 0 Å². The van der Waals surface area contributed by atoms with E-state index in [0.717, 1.165) is 18.5 Å². The van der Waals surface area contributed by atoms with Crippen molar-refractivity contribution in [3.05, 3.63) is 41.0 Å². The van der Waals surface area contributed by atoms with Crippen molar-refractivity contribution in [2.45, 2.75) is 58.4 Å². The van der Waals surface area contributed by atoms with Gasteiger partial charge in [-0.25, -0.2) is 4.79 Å². The number of rotatable bonds is 5. The van der Waals surface area contributed by atoms with Crippen LogP contribution in [0, 0.1) is 13.8 Å². The molecule has 1 fully saturated rings. The summed E-state index contributed by atoms with van der Waals surface area (Å²) in [6.45, 7) is 5.28. The number of urea groups is 1. The van der Waals surface area contributed by atoms with Crippen LogP contribution < -0.4 is 15.5 Å². The highest BCUT2D eigenvalue weighted by Crippen LogP contribution is 2.24. The molecule has 5 nitrogen and oxygen atoms in total.